The number of anilines is 2. The number of alkyl halides is 3. The number of halogens is 3. The Bertz CT molecular complexity index is 453. The molecule has 1 aliphatic rings. The van der Waals surface area contributed by atoms with Crippen molar-refractivity contribution in [3.8, 4) is 0 Å². The summed E-state index contributed by atoms with van der Waals surface area (Å²) >= 11 is 0. The van der Waals surface area contributed by atoms with Crippen LogP contribution in [-0.2, 0) is 6.18 Å². The van der Waals surface area contributed by atoms with Gasteiger partial charge in [0, 0.05) is 6.54 Å². The van der Waals surface area contributed by atoms with E-state index in [1.807, 2.05) is 0 Å². The van der Waals surface area contributed by atoms with Gasteiger partial charge in [-0.2, -0.15) is 13.2 Å². The van der Waals surface area contributed by atoms with E-state index in [1.54, 1.807) is 0 Å². The number of hydrogen-bond acceptors (Lipinski definition) is 3. The summed E-state index contributed by atoms with van der Waals surface area (Å²) < 4.78 is 37.9. The van der Waals surface area contributed by atoms with Gasteiger partial charge in [-0.15, -0.1) is 0 Å². The minimum Gasteiger partial charge on any atom is -0.384 e. The van der Waals surface area contributed by atoms with Crippen LogP contribution in [0, 0.1) is 5.41 Å². The molecule has 6 heteroatoms. The van der Waals surface area contributed by atoms with E-state index in [2.05, 4.69) is 17.2 Å². The zero-order valence-electron chi connectivity index (χ0n) is 10.8. The smallest absolute Gasteiger partial charge is 0.384 e. The lowest BCUT2D eigenvalue weighted by Crippen LogP contribution is -2.17. The maximum atomic E-state index is 12.6. The van der Waals surface area contributed by atoms with Gasteiger partial charge in [-0.3, -0.25) is 0 Å². The molecule has 0 bridgehead atoms. The van der Waals surface area contributed by atoms with E-state index in [4.69, 9.17) is 5.73 Å². The van der Waals surface area contributed by atoms with Crippen LogP contribution in [0.1, 0.15) is 38.2 Å². The zero-order chi connectivity index (χ0) is 14.1. The fourth-order valence-electron chi connectivity index (χ4n) is 2.31. The molecule has 3 N–H and O–H groups in total. The van der Waals surface area contributed by atoms with Crippen molar-refractivity contribution in [1.82, 2.24) is 4.98 Å². The van der Waals surface area contributed by atoms with Crippen molar-refractivity contribution in [2.45, 2.75) is 38.8 Å². The van der Waals surface area contributed by atoms with E-state index in [-0.39, 0.29) is 17.1 Å². The number of nitrogens with zero attached hydrogens (tertiary/aromatic N) is 1. The normalized spacial score (nSPS) is 17.3. The Labute approximate surface area is 110 Å². The predicted molar refractivity (Wildman–Crippen MR) is 68.7 cm³/mol. The van der Waals surface area contributed by atoms with E-state index < -0.39 is 11.7 Å². The summed E-state index contributed by atoms with van der Waals surface area (Å²) in [5.74, 6) is 0.0902. The third kappa shape index (κ3) is 3.52. The molecule has 1 aromatic rings. The van der Waals surface area contributed by atoms with Crippen molar-refractivity contribution < 1.29 is 13.2 Å². The van der Waals surface area contributed by atoms with Crippen LogP contribution in [0.4, 0.5) is 24.8 Å². The lowest BCUT2D eigenvalue weighted by Gasteiger charge is -2.16. The molecular formula is C13H18F3N3. The quantitative estimate of drug-likeness (QED) is 0.860. The lowest BCUT2D eigenvalue weighted by molar-refractivity contribution is -0.137. The van der Waals surface area contributed by atoms with E-state index >= 15 is 0 Å². The predicted octanol–water partition coefficient (Wildman–Crippen LogP) is 3.67. The molecule has 0 amide bonds. The molecule has 1 aromatic heterocycles. The molecule has 2 rings (SSSR count). The molecule has 106 valence electrons. The number of hydrogen-bond donors (Lipinski definition) is 2. The number of nitrogens with one attached hydrogen (secondary N) is 1. The standard InChI is InChI=1S/C13H18F3N3/c1-2-3-12(4-5-12)8-18-11-7-9(13(14,15)16)6-10(17)19-11/h6-7H,2-5,8H2,1H3,(H3,17,18,19). The van der Waals surface area contributed by atoms with Crippen LogP contribution in [0.25, 0.3) is 0 Å². The van der Waals surface area contributed by atoms with E-state index in [1.165, 1.54) is 0 Å². The van der Waals surface area contributed by atoms with Crippen molar-refractivity contribution in [3.63, 3.8) is 0 Å². The fraction of sp³-hybridized carbons (Fsp3) is 0.615. The van der Waals surface area contributed by atoms with Gasteiger partial charge in [0.1, 0.15) is 11.6 Å². The average molecular weight is 273 g/mol. The molecule has 0 radical (unpaired) electrons. The van der Waals surface area contributed by atoms with Crippen molar-refractivity contribution in [2.75, 3.05) is 17.6 Å². The Morgan fingerprint density at radius 1 is 1.37 bits per heavy atom. The van der Waals surface area contributed by atoms with Crippen LogP contribution in [0.5, 0.6) is 0 Å². The minimum absolute atomic E-state index is 0.113. The molecule has 0 saturated heterocycles. The largest absolute Gasteiger partial charge is 0.416 e. The van der Waals surface area contributed by atoms with Crippen LogP contribution in [0.15, 0.2) is 12.1 Å². The van der Waals surface area contributed by atoms with Crippen LogP contribution in [-0.4, -0.2) is 11.5 Å². The summed E-state index contributed by atoms with van der Waals surface area (Å²) in [5, 5.41) is 2.99. The van der Waals surface area contributed by atoms with E-state index in [0.717, 1.165) is 37.8 Å². The van der Waals surface area contributed by atoms with Gasteiger partial charge in [0.2, 0.25) is 0 Å². The van der Waals surface area contributed by atoms with Crippen LogP contribution in [0.2, 0.25) is 0 Å². The Morgan fingerprint density at radius 3 is 2.58 bits per heavy atom. The summed E-state index contributed by atoms with van der Waals surface area (Å²) in [6.07, 6.45) is 0.0347. The first-order valence-corrected chi connectivity index (χ1v) is 6.43. The second-order valence-corrected chi connectivity index (χ2v) is 5.27. The van der Waals surface area contributed by atoms with Crippen molar-refractivity contribution in [3.05, 3.63) is 17.7 Å². The Morgan fingerprint density at radius 2 is 2.05 bits per heavy atom. The maximum absolute atomic E-state index is 12.6. The first-order chi connectivity index (χ1) is 8.85. The zero-order valence-corrected chi connectivity index (χ0v) is 10.8. The van der Waals surface area contributed by atoms with Crippen LogP contribution >= 0.6 is 0 Å². The Hall–Kier alpha value is -1.46. The number of nitrogen functional groups attached to an aromatic ring is 1. The molecule has 0 atom stereocenters. The molecule has 0 spiro atoms. The lowest BCUT2D eigenvalue weighted by atomic mass is 10.0. The molecule has 1 fully saturated rings. The van der Waals surface area contributed by atoms with Crippen molar-refractivity contribution in [2.24, 2.45) is 5.41 Å². The number of rotatable bonds is 5. The van der Waals surface area contributed by atoms with Crippen molar-refractivity contribution in [1.29, 1.82) is 0 Å². The second-order valence-electron chi connectivity index (χ2n) is 5.27. The molecule has 0 unspecified atom stereocenters. The first-order valence-electron chi connectivity index (χ1n) is 6.43. The van der Waals surface area contributed by atoms with Gasteiger partial charge in [0.15, 0.2) is 0 Å². The van der Waals surface area contributed by atoms with Gasteiger partial charge in [0.25, 0.3) is 0 Å². The van der Waals surface area contributed by atoms with Crippen LogP contribution < -0.4 is 11.1 Å². The molecule has 0 aromatic carbocycles. The second kappa shape index (κ2) is 4.90. The van der Waals surface area contributed by atoms with Gasteiger partial charge in [-0.05, 0) is 36.8 Å². The molecule has 0 aliphatic heterocycles. The highest BCUT2D eigenvalue weighted by Crippen LogP contribution is 2.49. The van der Waals surface area contributed by atoms with Gasteiger partial charge < -0.3 is 11.1 Å². The van der Waals surface area contributed by atoms with Gasteiger partial charge in [0.05, 0.1) is 5.56 Å². The highest BCUT2D eigenvalue weighted by Gasteiger charge is 2.41. The molecular weight excluding hydrogens is 255 g/mol. The summed E-state index contributed by atoms with van der Waals surface area (Å²) in [6, 6.07) is 1.86. The summed E-state index contributed by atoms with van der Waals surface area (Å²) in [5.41, 5.74) is 4.91. The first kappa shape index (κ1) is 14.0. The molecule has 3 nitrogen and oxygen atoms in total. The highest BCUT2D eigenvalue weighted by atomic mass is 19.4. The number of aromatic nitrogens is 1. The van der Waals surface area contributed by atoms with Gasteiger partial charge in [-0.25, -0.2) is 4.98 Å². The monoisotopic (exact) mass is 273 g/mol. The Balaban J connectivity index is 2.06. The van der Waals surface area contributed by atoms with Gasteiger partial charge >= 0.3 is 6.18 Å². The highest BCUT2D eigenvalue weighted by molar-refractivity contribution is 5.47. The number of pyridine rings is 1. The average Bonchev–Trinajstić information content (AvgIpc) is 3.06. The molecule has 19 heavy (non-hydrogen) atoms. The SMILES string of the molecule is CCCC1(CNc2cc(C(F)(F)F)cc(N)n2)CC1. The van der Waals surface area contributed by atoms with Crippen LogP contribution in [0.3, 0.4) is 0 Å². The van der Waals surface area contributed by atoms with Crippen molar-refractivity contribution >= 4 is 11.6 Å². The fourth-order valence-corrected chi connectivity index (χ4v) is 2.31. The van der Waals surface area contributed by atoms with E-state index in [0.29, 0.717) is 6.54 Å². The summed E-state index contributed by atoms with van der Waals surface area (Å²) in [7, 11) is 0. The molecule has 1 saturated carbocycles. The Kier molecular flexibility index (Phi) is 3.60. The topological polar surface area (TPSA) is 50.9 Å². The maximum Gasteiger partial charge on any atom is 0.416 e. The molecule has 1 aliphatic carbocycles. The molecule has 1 heterocycles. The third-order valence-corrected chi connectivity index (χ3v) is 3.55. The third-order valence-electron chi connectivity index (χ3n) is 3.55. The van der Waals surface area contributed by atoms with Gasteiger partial charge in [-0.1, -0.05) is 13.3 Å². The summed E-state index contributed by atoms with van der Waals surface area (Å²) in [4.78, 5) is 3.90. The van der Waals surface area contributed by atoms with E-state index in [9.17, 15) is 13.2 Å². The summed E-state index contributed by atoms with van der Waals surface area (Å²) in [6.45, 7) is 2.77. The minimum atomic E-state index is -4.39. The number of nitrogens with two attached hydrogens (primary N) is 1.